The first kappa shape index (κ1) is 20.6. The van der Waals surface area contributed by atoms with Crippen molar-refractivity contribution < 1.29 is 9.59 Å². The maximum atomic E-state index is 12.9. The Hall–Kier alpha value is -3.13. The molecule has 0 aliphatic heterocycles. The van der Waals surface area contributed by atoms with Crippen LogP contribution in [0.5, 0.6) is 0 Å². The van der Waals surface area contributed by atoms with E-state index < -0.39 is 11.8 Å². The molecule has 0 aliphatic carbocycles. The lowest BCUT2D eigenvalue weighted by molar-refractivity contribution is -0.119. The van der Waals surface area contributed by atoms with Gasteiger partial charge in [0.1, 0.15) is 0 Å². The van der Waals surface area contributed by atoms with Gasteiger partial charge in [-0.3, -0.25) is 29.8 Å². The van der Waals surface area contributed by atoms with E-state index in [9.17, 15) is 14.4 Å². The number of fused-ring (bicyclic) bond motifs is 1. The molecule has 2 amide bonds. The SMILES string of the molecule is CCC(C)n1c(SCC(=O)NNC(=O)c2ccccc2)nc2ccccc2c1=O. The summed E-state index contributed by atoms with van der Waals surface area (Å²) < 4.78 is 1.63. The summed E-state index contributed by atoms with van der Waals surface area (Å²) in [5, 5.41) is 1.03. The zero-order valence-electron chi connectivity index (χ0n) is 16.2. The van der Waals surface area contributed by atoms with Gasteiger partial charge >= 0.3 is 0 Å². The number of aromatic nitrogens is 2. The molecule has 3 rings (SSSR count). The first-order valence-electron chi connectivity index (χ1n) is 9.29. The molecule has 8 heteroatoms. The Morgan fingerprint density at radius 2 is 1.76 bits per heavy atom. The summed E-state index contributed by atoms with van der Waals surface area (Å²) >= 11 is 1.16. The van der Waals surface area contributed by atoms with Gasteiger partial charge in [-0.15, -0.1) is 0 Å². The average Bonchev–Trinajstić information content (AvgIpc) is 2.76. The van der Waals surface area contributed by atoms with E-state index in [1.165, 1.54) is 0 Å². The number of amides is 2. The number of benzene rings is 2. The number of carbonyl (C=O) groups is 2. The number of rotatable bonds is 6. The van der Waals surface area contributed by atoms with Crippen LogP contribution in [0.1, 0.15) is 36.7 Å². The predicted octanol–water partition coefficient (Wildman–Crippen LogP) is 2.92. The second kappa shape index (κ2) is 9.38. The van der Waals surface area contributed by atoms with Gasteiger partial charge < -0.3 is 0 Å². The molecule has 29 heavy (non-hydrogen) atoms. The van der Waals surface area contributed by atoms with Crippen molar-refractivity contribution in [2.24, 2.45) is 0 Å². The van der Waals surface area contributed by atoms with Crippen LogP contribution in [-0.2, 0) is 4.79 Å². The molecular weight excluding hydrogens is 388 g/mol. The van der Waals surface area contributed by atoms with Crippen LogP contribution in [0.3, 0.4) is 0 Å². The third-order valence-corrected chi connectivity index (χ3v) is 5.44. The Bertz CT molecular complexity index is 1080. The van der Waals surface area contributed by atoms with Crippen molar-refractivity contribution in [1.29, 1.82) is 0 Å². The summed E-state index contributed by atoms with van der Waals surface area (Å²) in [4.78, 5) is 41.7. The number of nitrogens with one attached hydrogen (secondary N) is 2. The average molecular weight is 410 g/mol. The highest BCUT2D eigenvalue weighted by Crippen LogP contribution is 2.22. The highest BCUT2D eigenvalue weighted by atomic mass is 32.2. The fraction of sp³-hybridized carbons (Fsp3) is 0.238. The number of thioether (sulfide) groups is 1. The van der Waals surface area contributed by atoms with E-state index in [4.69, 9.17) is 0 Å². The highest BCUT2D eigenvalue weighted by molar-refractivity contribution is 7.99. The minimum absolute atomic E-state index is 0.0102. The molecule has 0 fully saturated rings. The van der Waals surface area contributed by atoms with Crippen LogP contribution < -0.4 is 16.4 Å². The predicted molar refractivity (Wildman–Crippen MR) is 114 cm³/mol. The summed E-state index contributed by atoms with van der Waals surface area (Å²) in [7, 11) is 0. The Balaban J connectivity index is 1.71. The van der Waals surface area contributed by atoms with Crippen molar-refractivity contribution in [1.82, 2.24) is 20.4 Å². The molecule has 1 unspecified atom stereocenters. The van der Waals surface area contributed by atoms with Gasteiger partial charge in [0.05, 0.1) is 16.7 Å². The number of para-hydroxylation sites is 1. The van der Waals surface area contributed by atoms with Crippen LogP contribution in [0.25, 0.3) is 10.9 Å². The van der Waals surface area contributed by atoms with Crippen molar-refractivity contribution >= 4 is 34.5 Å². The largest absolute Gasteiger partial charge is 0.284 e. The van der Waals surface area contributed by atoms with E-state index in [1.54, 1.807) is 47.0 Å². The van der Waals surface area contributed by atoms with Crippen molar-refractivity contribution in [3.63, 3.8) is 0 Å². The standard InChI is InChI=1S/C21H22N4O3S/c1-3-14(2)25-20(28)16-11-7-8-12-17(16)22-21(25)29-13-18(26)23-24-19(27)15-9-5-4-6-10-15/h4-12,14H,3,13H2,1-2H3,(H,23,26)(H,24,27). The third-order valence-electron chi connectivity index (χ3n) is 4.49. The van der Waals surface area contributed by atoms with Gasteiger partial charge in [0.25, 0.3) is 11.5 Å². The molecule has 150 valence electrons. The van der Waals surface area contributed by atoms with Crippen LogP contribution >= 0.6 is 11.8 Å². The highest BCUT2D eigenvalue weighted by Gasteiger charge is 2.17. The summed E-state index contributed by atoms with van der Waals surface area (Å²) in [6.07, 6.45) is 0.757. The van der Waals surface area contributed by atoms with Crippen LogP contribution in [0.4, 0.5) is 0 Å². The molecule has 1 heterocycles. The lowest BCUT2D eigenvalue weighted by Gasteiger charge is -2.18. The minimum atomic E-state index is -0.399. The molecule has 7 nitrogen and oxygen atoms in total. The molecule has 0 saturated heterocycles. The number of carbonyl (C=O) groups excluding carboxylic acids is 2. The summed E-state index contributed by atoms with van der Waals surface area (Å²) in [6.45, 7) is 3.94. The molecule has 0 spiro atoms. The lowest BCUT2D eigenvalue weighted by atomic mass is 10.2. The maximum absolute atomic E-state index is 12.9. The van der Waals surface area contributed by atoms with Gasteiger partial charge in [0.2, 0.25) is 5.91 Å². The second-order valence-electron chi connectivity index (χ2n) is 6.50. The summed E-state index contributed by atoms with van der Waals surface area (Å²) in [6, 6.07) is 15.7. The summed E-state index contributed by atoms with van der Waals surface area (Å²) in [5.74, 6) is -0.780. The molecule has 3 aromatic rings. The molecule has 1 aromatic heterocycles. The Morgan fingerprint density at radius 3 is 2.48 bits per heavy atom. The molecular formula is C21H22N4O3S. The third kappa shape index (κ3) is 4.83. The van der Waals surface area contributed by atoms with E-state index in [-0.39, 0.29) is 17.4 Å². The molecule has 0 bridgehead atoms. The van der Waals surface area contributed by atoms with Crippen LogP contribution in [0.15, 0.2) is 64.5 Å². The zero-order valence-corrected chi connectivity index (χ0v) is 17.0. The smallest absolute Gasteiger partial charge is 0.269 e. The maximum Gasteiger partial charge on any atom is 0.269 e. The molecule has 1 atom stereocenters. The first-order valence-corrected chi connectivity index (χ1v) is 10.3. The molecule has 0 saturated carbocycles. The van der Waals surface area contributed by atoms with E-state index in [0.717, 1.165) is 18.2 Å². The van der Waals surface area contributed by atoms with E-state index in [2.05, 4.69) is 15.8 Å². The number of hydrogen-bond acceptors (Lipinski definition) is 5. The van der Waals surface area contributed by atoms with Crippen molar-refractivity contribution in [3.05, 3.63) is 70.5 Å². The normalized spacial score (nSPS) is 11.8. The topological polar surface area (TPSA) is 93.1 Å². The minimum Gasteiger partial charge on any atom is -0.284 e. The van der Waals surface area contributed by atoms with E-state index >= 15 is 0 Å². The van der Waals surface area contributed by atoms with Crippen molar-refractivity contribution in [2.45, 2.75) is 31.5 Å². The molecule has 2 N–H and O–H groups in total. The van der Waals surface area contributed by atoms with Crippen LogP contribution in [0, 0.1) is 0 Å². The van der Waals surface area contributed by atoms with E-state index in [1.807, 2.05) is 26.0 Å². The van der Waals surface area contributed by atoms with Crippen molar-refractivity contribution in [2.75, 3.05) is 5.75 Å². The molecule has 0 aliphatic rings. The van der Waals surface area contributed by atoms with Gasteiger partial charge in [-0.25, -0.2) is 4.98 Å². The van der Waals surface area contributed by atoms with Crippen LogP contribution in [-0.4, -0.2) is 27.1 Å². The number of hydrogen-bond donors (Lipinski definition) is 2. The fourth-order valence-electron chi connectivity index (χ4n) is 2.75. The van der Waals surface area contributed by atoms with Gasteiger partial charge in [-0.2, -0.15) is 0 Å². The Labute approximate surface area is 172 Å². The number of nitrogens with zero attached hydrogens (tertiary/aromatic N) is 2. The van der Waals surface area contributed by atoms with Crippen LogP contribution in [0.2, 0.25) is 0 Å². The zero-order chi connectivity index (χ0) is 20.8. The lowest BCUT2D eigenvalue weighted by Crippen LogP contribution is -2.42. The second-order valence-corrected chi connectivity index (χ2v) is 7.44. The van der Waals surface area contributed by atoms with Gasteiger partial charge in [-0.05, 0) is 37.6 Å². The fourth-order valence-corrected chi connectivity index (χ4v) is 3.65. The van der Waals surface area contributed by atoms with Crippen molar-refractivity contribution in [3.8, 4) is 0 Å². The monoisotopic (exact) mass is 410 g/mol. The Morgan fingerprint density at radius 1 is 1.07 bits per heavy atom. The number of hydrazine groups is 1. The van der Waals surface area contributed by atoms with Gasteiger partial charge in [0, 0.05) is 11.6 Å². The first-order chi connectivity index (χ1) is 14.0. The quantitative estimate of drug-likeness (QED) is 0.370. The molecule has 0 radical (unpaired) electrons. The van der Waals surface area contributed by atoms with Gasteiger partial charge in [-0.1, -0.05) is 49.0 Å². The van der Waals surface area contributed by atoms with Gasteiger partial charge in [0.15, 0.2) is 5.16 Å². The molecule has 2 aromatic carbocycles. The van der Waals surface area contributed by atoms with E-state index in [0.29, 0.717) is 21.6 Å². The Kier molecular flexibility index (Phi) is 6.66. The summed E-state index contributed by atoms with van der Waals surface area (Å²) in [5.41, 5.74) is 5.70.